The lowest BCUT2D eigenvalue weighted by Gasteiger charge is -2.33. The highest BCUT2D eigenvalue weighted by molar-refractivity contribution is 5.71. The van der Waals surface area contributed by atoms with Crippen molar-refractivity contribution in [3.05, 3.63) is 0 Å². The number of carbonyl (C=O) groups is 1. The highest BCUT2D eigenvalue weighted by Crippen LogP contribution is 2.25. The minimum absolute atomic E-state index is 0.278. The Morgan fingerprint density at radius 2 is 1.82 bits per heavy atom. The lowest BCUT2D eigenvalue weighted by molar-refractivity contribution is -0.192. The average molecular weight is 256 g/mol. The van der Waals surface area contributed by atoms with E-state index in [1.807, 2.05) is 18.7 Å². The Bertz CT molecular complexity index is 265. The van der Waals surface area contributed by atoms with Crippen molar-refractivity contribution < 1.29 is 23.1 Å². The number of hydrogen-bond acceptors (Lipinski definition) is 3. The number of carboxylic acid groups (broad SMARTS) is 1. The third kappa shape index (κ3) is 5.36. The molecule has 0 fully saturated rings. The molecule has 0 aromatic carbocycles. The number of carboxylic acids is 1. The molecule has 0 aromatic rings. The summed E-state index contributed by atoms with van der Waals surface area (Å²) in [7, 11) is 3.61. The van der Waals surface area contributed by atoms with Crippen molar-refractivity contribution in [3.63, 3.8) is 0 Å². The fourth-order valence-electron chi connectivity index (χ4n) is 1.02. The Morgan fingerprint density at radius 3 is 2.12 bits per heavy atom. The fourth-order valence-corrected chi connectivity index (χ4v) is 1.02. The zero-order valence-electron chi connectivity index (χ0n) is 10.4. The second-order valence-electron chi connectivity index (χ2n) is 4.77. The molecular formula is C10H19F3N2O2. The van der Waals surface area contributed by atoms with Crippen molar-refractivity contribution in [1.82, 2.24) is 10.2 Å². The third-order valence-corrected chi connectivity index (χ3v) is 2.81. The van der Waals surface area contributed by atoms with Gasteiger partial charge in [-0.15, -0.1) is 0 Å². The summed E-state index contributed by atoms with van der Waals surface area (Å²) in [6, 6.07) is 0. The largest absolute Gasteiger partial charge is 0.481 e. The average Bonchev–Trinajstić information content (AvgIpc) is 2.09. The van der Waals surface area contributed by atoms with Crippen molar-refractivity contribution in [2.45, 2.75) is 25.6 Å². The van der Waals surface area contributed by atoms with Gasteiger partial charge >= 0.3 is 12.1 Å². The van der Waals surface area contributed by atoms with E-state index in [0.717, 1.165) is 0 Å². The summed E-state index contributed by atoms with van der Waals surface area (Å²) < 4.78 is 37.0. The molecule has 4 nitrogen and oxygen atoms in total. The molecule has 0 spiro atoms. The van der Waals surface area contributed by atoms with Crippen LogP contribution in [0.3, 0.4) is 0 Å². The van der Waals surface area contributed by atoms with Crippen LogP contribution in [0.5, 0.6) is 0 Å². The zero-order valence-corrected chi connectivity index (χ0v) is 10.4. The van der Waals surface area contributed by atoms with Gasteiger partial charge in [-0.1, -0.05) is 0 Å². The first-order valence-corrected chi connectivity index (χ1v) is 5.16. The summed E-state index contributed by atoms with van der Waals surface area (Å²) in [4.78, 5) is 12.3. The van der Waals surface area contributed by atoms with Gasteiger partial charge in [-0.05, 0) is 27.9 Å². The maximum atomic E-state index is 12.3. The molecule has 0 bridgehead atoms. The first kappa shape index (κ1) is 16.2. The Hall–Kier alpha value is -0.820. The van der Waals surface area contributed by atoms with Crippen LogP contribution < -0.4 is 5.32 Å². The van der Waals surface area contributed by atoms with E-state index in [2.05, 4.69) is 5.32 Å². The predicted octanol–water partition coefficient (Wildman–Crippen LogP) is 1.18. The van der Waals surface area contributed by atoms with Crippen LogP contribution >= 0.6 is 0 Å². The first-order chi connectivity index (χ1) is 7.48. The van der Waals surface area contributed by atoms with E-state index < -0.39 is 24.6 Å². The molecule has 0 aliphatic rings. The maximum Gasteiger partial charge on any atom is 0.403 e. The minimum Gasteiger partial charge on any atom is -0.481 e. The molecule has 0 rings (SSSR count). The van der Waals surface area contributed by atoms with Gasteiger partial charge in [-0.3, -0.25) is 4.79 Å². The molecule has 0 heterocycles. The summed E-state index contributed by atoms with van der Waals surface area (Å²) in [5.74, 6) is -4.21. The molecule has 0 radical (unpaired) electrons. The molecule has 102 valence electrons. The molecule has 0 saturated heterocycles. The van der Waals surface area contributed by atoms with Crippen LogP contribution in [0.15, 0.2) is 0 Å². The predicted molar refractivity (Wildman–Crippen MR) is 57.8 cm³/mol. The van der Waals surface area contributed by atoms with E-state index in [1.54, 1.807) is 14.1 Å². The van der Waals surface area contributed by atoms with E-state index in [4.69, 9.17) is 5.11 Å². The van der Waals surface area contributed by atoms with E-state index >= 15 is 0 Å². The number of nitrogens with one attached hydrogen (secondary N) is 1. The third-order valence-electron chi connectivity index (χ3n) is 2.81. The molecule has 1 unspecified atom stereocenters. The number of nitrogens with zero attached hydrogens (tertiary/aromatic N) is 1. The van der Waals surface area contributed by atoms with Crippen LogP contribution in [-0.2, 0) is 4.79 Å². The smallest absolute Gasteiger partial charge is 0.403 e. The van der Waals surface area contributed by atoms with E-state index in [1.165, 1.54) is 0 Å². The van der Waals surface area contributed by atoms with Crippen LogP contribution in [-0.4, -0.2) is 54.9 Å². The molecule has 17 heavy (non-hydrogen) atoms. The number of alkyl halides is 3. The maximum absolute atomic E-state index is 12.3. The molecule has 1 atom stereocenters. The van der Waals surface area contributed by atoms with Gasteiger partial charge in [0.25, 0.3) is 0 Å². The second-order valence-corrected chi connectivity index (χ2v) is 4.77. The summed E-state index contributed by atoms with van der Waals surface area (Å²) in [6.07, 6.45) is -4.72. The lowest BCUT2D eigenvalue weighted by atomic mass is 10.0. The standard InChI is InChI=1S/C10H19F3N2O2/c1-9(2,15(3)4)6-14-5-7(8(16)17)10(11,12)13/h7,14H,5-6H2,1-4H3,(H,16,17). The van der Waals surface area contributed by atoms with Crippen LogP contribution in [0, 0.1) is 5.92 Å². The van der Waals surface area contributed by atoms with E-state index in [9.17, 15) is 18.0 Å². The summed E-state index contributed by atoms with van der Waals surface area (Å²) in [5, 5.41) is 11.0. The molecule has 0 aliphatic heterocycles. The normalized spacial score (nSPS) is 15.1. The Kier molecular flexibility index (Phi) is 5.41. The number of aliphatic carboxylic acids is 1. The van der Waals surface area contributed by atoms with Gasteiger partial charge in [0.05, 0.1) is 0 Å². The van der Waals surface area contributed by atoms with Crippen molar-refractivity contribution in [3.8, 4) is 0 Å². The molecule has 2 N–H and O–H groups in total. The van der Waals surface area contributed by atoms with Crippen LogP contribution in [0.1, 0.15) is 13.8 Å². The molecule has 0 aliphatic carbocycles. The van der Waals surface area contributed by atoms with Gasteiger partial charge in [-0.25, -0.2) is 0 Å². The zero-order chi connectivity index (χ0) is 13.9. The summed E-state index contributed by atoms with van der Waals surface area (Å²) in [5.41, 5.74) is -0.339. The highest BCUT2D eigenvalue weighted by atomic mass is 19.4. The monoisotopic (exact) mass is 256 g/mol. The summed E-state index contributed by atoms with van der Waals surface area (Å²) in [6.45, 7) is 3.36. The SMILES string of the molecule is CN(C)C(C)(C)CNCC(C(=O)O)C(F)(F)F. The van der Waals surface area contributed by atoms with Gasteiger partial charge in [0, 0.05) is 18.6 Å². The minimum atomic E-state index is -4.72. The highest BCUT2D eigenvalue weighted by Gasteiger charge is 2.44. The first-order valence-electron chi connectivity index (χ1n) is 5.16. The van der Waals surface area contributed by atoms with Crippen LogP contribution in [0.25, 0.3) is 0 Å². The number of halogens is 3. The van der Waals surface area contributed by atoms with Crippen molar-refractivity contribution >= 4 is 5.97 Å². The van der Waals surface area contributed by atoms with E-state index in [-0.39, 0.29) is 12.1 Å². The molecule has 0 amide bonds. The van der Waals surface area contributed by atoms with E-state index in [0.29, 0.717) is 0 Å². The number of hydrogen-bond donors (Lipinski definition) is 2. The number of likely N-dealkylation sites (N-methyl/N-ethyl adjacent to an activating group) is 1. The van der Waals surface area contributed by atoms with Crippen LogP contribution in [0.4, 0.5) is 13.2 Å². The molecule has 0 saturated carbocycles. The van der Waals surface area contributed by atoms with Gasteiger partial charge < -0.3 is 15.3 Å². The quantitative estimate of drug-likeness (QED) is 0.749. The van der Waals surface area contributed by atoms with Crippen LogP contribution in [0.2, 0.25) is 0 Å². The van der Waals surface area contributed by atoms with Crippen molar-refractivity contribution in [1.29, 1.82) is 0 Å². The second kappa shape index (κ2) is 5.68. The van der Waals surface area contributed by atoms with Crippen molar-refractivity contribution in [2.75, 3.05) is 27.2 Å². The van der Waals surface area contributed by atoms with Gasteiger partial charge in [0.1, 0.15) is 0 Å². The lowest BCUT2D eigenvalue weighted by Crippen LogP contribution is -2.49. The molecule has 7 heteroatoms. The van der Waals surface area contributed by atoms with Gasteiger partial charge in [0.15, 0.2) is 5.92 Å². The summed E-state index contributed by atoms with van der Waals surface area (Å²) >= 11 is 0. The van der Waals surface area contributed by atoms with Gasteiger partial charge in [-0.2, -0.15) is 13.2 Å². The Labute approximate surface area is 98.8 Å². The molecule has 0 aromatic heterocycles. The Morgan fingerprint density at radius 1 is 1.35 bits per heavy atom. The Balaban J connectivity index is 4.31. The van der Waals surface area contributed by atoms with Gasteiger partial charge in [0.2, 0.25) is 0 Å². The topological polar surface area (TPSA) is 52.6 Å². The number of rotatable bonds is 6. The molecular weight excluding hydrogens is 237 g/mol. The fraction of sp³-hybridized carbons (Fsp3) is 0.900. The van der Waals surface area contributed by atoms with Crippen molar-refractivity contribution in [2.24, 2.45) is 5.92 Å².